The van der Waals surface area contributed by atoms with Gasteiger partial charge in [-0.3, -0.25) is 0 Å². The molecule has 110 valence electrons. The number of rotatable bonds is 5. The molecule has 0 bridgehead atoms. The van der Waals surface area contributed by atoms with Crippen molar-refractivity contribution < 1.29 is 9.59 Å². The zero-order chi connectivity index (χ0) is 16.1. The van der Waals surface area contributed by atoms with Crippen LogP contribution in [0.5, 0.6) is 0 Å². The first-order valence-electron chi connectivity index (χ1n) is 6.87. The van der Waals surface area contributed by atoms with Crippen molar-refractivity contribution >= 4 is 12.2 Å². The molecule has 0 atom stereocenters. The molecule has 0 fully saturated rings. The lowest BCUT2D eigenvalue weighted by atomic mass is 9.70. The summed E-state index contributed by atoms with van der Waals surface area (Å²) in [5.74, 6) is 0. The molecule has 4 heteroatoms. The molecule has 22 heavy (non-hydrogen) atoms. The molecule has 0 unspecified atom stereocenters. The molecule has 0 aliphatic rings. The zero-order valence-corrected chi connectivity index (χ0v) is 12.5. The Balaban J connectivity index is 2.88. The van der Waals surface area contributed by atoms with E-state index in [1.807, 2.05) is 60.7 Å². The van der Waals surface area contributed by atoms with Crippen LogP contribution in [0.3, 0.4) is 0 Å². The molecule has 0 amide bonds. The van der Waals surface area contributed by atoms with Crippen molar-refractivity contribution in [2.75, 3.05) is 0 Å². The molecule has 0 saturated carbocycles. The molecule has 4 nitrogen and oxygen atoms in total. The number of aliphatic imine (C=N–C) groups is 2. The second-order valence-corrected chi connectivity index (χ2v) is 5.41. The summed E-state index contributed by atoms with van der Waals surface area (Å²) in [6, 6.07) is 18.6. The van der Waals surface area contributed by atoms with Gasteiger partial charge in [0.2, 0.25) is 12.2 Å². The standard InChI is InChI=1S/C18H16N2O2/c1-17(2,19-13-21)18(20-14-22,15-9-5-3-6-10-15)16-11-7-4-8-12-16/h3-12H,1-2H3. The van der Waals surface area contributed by atoms with Gasteiger partial charge in [0.1, 0.15) is 11.1 Å². The van der Waals surface area contributed by atoms with Gasteiger partial charge in [0.25, 0.3) is 0 Å². The van der Waals surface area contributed by atoms with E-state index in [9.17, 15) is 9.59 Å². The smallest absolute Gasteiger partial charge is 0.211 e. The Bertz CT molecular complexity index is 687. The summed E-state index contributed by atoms with van der Waals surface area (Å²) >= 11 is 0. The highest BCUT2D eigenvalue weighted by Crippen LogP contribution is 2.44. The van der Waals surface area contributed by atoms with Crippen LogP contribution < -0.4 is 0 Å². The minimum Gasteiger partial charge on any atom is -0.211 e. The van der Waals surface area contributed by atoms with Crippen molar-refractivity contribution in [1.29, 1.82) is 0 Å². The van der Waals surface area contributed by atoms with E-state index in [4.69, 9.17) is 0 Å². The number of nitrogens with zero attached hydrogens (tertiary/aromatic N) is 2. The molecule has 0 saturated heterocycles. The monoisotopic (exact) mass is 292 g/mol. The van der Waals surface area contributed by atoms with Gasteiger partial charge in [-0.2, -0.15) is 9.98 Å². The van der Waals surface area contributed by atoms with Crippen molar-refractivity contribution in [2.24, 2.45) is 9.98 Å². The van der Waals surface area contributed by atoms with Crippen LogP contribution in [0, 0.1) is 0 Å². The molecule has 2 aromatic carbocycles. The van der Waals surface area contributed by atoms with Crippen molar-refractivity contribution in [1.82, 2.24) is 0 Å². The molecule has 0 N–H and O–H groups in total. The summed E-state index contributed by atoms with van der Waals surface area (Å²) in [5, 5.41) is 0. The van der Waals surface area contributed by atoms with Gasteiger partial charge in [-0.1, -0.05) is 60.7 Å². The van der Waals surface area contributed by atoms with Gasteiger partial charge < -0.3 is 0 Å². The summed E-state index contributed by atoms with van der Waals surface area (Å²) in [7, 11) is 0. The second-order valence-electron chi connectivity index (χ2n) is 5.41. The number of carbonyl (C=O) groups excluding carboxylic acids is 2. The third-order valence-electron chi connectivity index (χ3n) is 3.81. The molecule has 0 aliphatic carbocycles. The fourth-order valence-corrected chi connectivity index (χ4v) is 2.76. The van der Waals surface area contributed by atoms with Gasteiger partial charge in [0.15, 0.2) is 0 Å². The van der Waals surface area contributed by atoms with Crippen LogP contribution in [0.1, 0.15) is 25.0 Å². The average molecular weight is 292 g/mol. The zero-order valence-electron chi connectivity index (χ0n) is 12.5. The first-order chi connectivity index (χ1) is 10.6. The normalized spacial score (nSPS) is 11.2. The Morgan fingerprint density at radius 1 is 0.727 bits per heavy atom. The van der Waals surface area contributed by atoms with Crippen molar-refractivity contribution in [3.05, 3.63) is 71.8 Å². The van der Waals surface area contributed by atoms with Gasteiger partial charge in [0, 0.05) is 0 Å². The summed E-state index contributed by atoms with van der Waals surface area (Å²) in [6.07, 6.45) is 3.25. The van der Waals surface area contributed by atoms with Crippen LogP contribution in [-0.4, -0.2) is 17.7 Å². The first kappa shape index (κ1) is 15.6. The molecular weight excluding hydrogens is 276 g/mol. The molecule has 2 aromatic rings. The van der Waals surface area contributed by atoms with Crippen molar-refractivity contribution in [2.45, 2.75) is 24.9 Å². The Kier molecular flexibility index (Phi) is 4.47. The van der Waals surface area contributed by atoms with Crippen molar-refractivity contribution in [3.8, 4) is 0 Å². The lowest BCUT2D eigenvalue weighted by Gasteiger charge is -2.39. The second kappa shape index (κ2) is 6.31. The van der Waals surface area contributed by atoms with Gasteiger partial charge in [-0.15, -0.1) is 0 Å². The molecule has 0 aliphatic heterocycles. The quantitative estimate of drug-likeness (QED) is 0.626. The maximum Gasteiger partial charge on any atom is 0.236 e. The number of hydrogen-bond acceptors (Lipinski definition) is 4. The van der Waals surface area contributed by atoms with E-state index < -0.39 is 11.1 Å². The maximum atomic E-state index is 11.2. The van der Waals surface area contributed by atoms with E-state index in [2.05, 4.69) is 9.98 Å². The maximum absolute atomic E-state index is 11.2. The van der Waals surface area contributed by atoms with Crippen LogP contribution in [0.2, 0.25) is 0 Å². The van der Waals surface area contributed by atoms with E-state index in [0.29, 0.717) is 0 Å². The van der Waals surface area contributed by atoms with Crippen LogP contribution in [-0.2, 0) is 15.1 Å². The van der Waals surface area contributed by atoms with Gasteiger partial charge in [-0.05, 0) is 25.0 Å². The third kappa shape index (κ3) is 2.53. The highest BCUT2D eigenvalue weighted by molar-refractivity contribution is 5.50. The van der Waals surface area contributed by atoms with Gasteiger partial charge in [-0.25, -0.2) is 9.59 Å². The van der Waals surface area contributed by atoms with E-state index in [0.717, 1.165) is 11.1 Å². The Morgan fingerprint density at radius 2 is 1.14 bits per heavy atom. The highest BCUT2D eigenvalue weighted by atomic mass is 16.1. The lowest BCUT2D eigenvalue weighted by molar-refractivity contribution is 0.319. The fraction of sp³-hybridized carbons (Fsp3) is 0.222. The first-order valence-corrected chi connectivity index (χ1v) is 6.87. The molecular formula is C18H16N2O2. The van der Waals surface area contributed by atoms with E-state index in [-0.39, 0.29) is 0 Å². The molecule has 0 radical (unpaired) electrons. The highest BCUT2D eigenvalue weighted by Gasteiger charge is 2.49. The van der Waals surface area contributed by atoms with E-state index in [1.165, 1.54) is 0 Å². The predicted molar refractivity (Wildman–Crippen MR) is 84.0 cm³/mol. The molecule has 2 rings (SSSR count). The molecule has 0 aromatic heterocycles. The van der Waals surface area contributed by atoms with Gasteiger partial charge in [0.05, 0.1) is 0 Å². The lowest BCUT2D eigenvalue weighted by Crippen LogP contribution is -2.45. The van der Waals surface area contributed by atoms with Crippen LogP contribution in [0.25, 0.3) is 0 Å². The van der Waals surface area contributed by atoms with Gasteiger partial charge >= 0.3 is 0 Å². The third-order valence-corrected chi connectivity index (χ3v) is 3.81. The summed E-state index contributed by atoms with van der Waals surface area (Å²) in [6.45, 7) is 3.50. The minimum atomic E-state index is -1.14. The summed E-state index contributed by atoms with van der Waals surface area (Å²) in [4.78, 5) is 30.1. The Labute approximate surface area is 129 Å². The predicted octanol–water partition coefficient (Wildman–Crippen LogP) is 3.38. The number of benzene rings is 2. The number of hydrogen-bond donors (Lipinski definition) is 0. The SMILES string of the molecule is CC(C)(N=C=O)C(N=C=O)(c1ccccc1)c1ccccc1. The topological polar surface area (TPSA) is 58.9 Å². The van der Waals surface area contributed by atoms with E-state index >= 15 is 0 Å². The Hall–Kier alpha value is -2.80. The minimum absolute atomic E-state index is 0.758. The van der Waals surface area contributed by atoms with E-state index in [1.54, 1.807) is 26.0 Å². The Morgan fingerprint density at radius 3 is 1.50 bits per heavy atom. The fourth-order valence-electron chi connectivity index (χ4n) is 2.76. The number of isocyanates is 2. The summed E-state index contributed by atoms with van der Waals surface area (Å²) < 4.78 is 0. The molecule has 0 heterocycles. The van der Waals surface area contributed by atoms with Crippen LogP contribution in [0.15, 0.2) is 70.6 Å². The molecule has 0 spiro atoms. The largest absolute Gasteiger partial charge is 0.236 e. The average Bonchev–Trinajstić information content (AvgIpc) is 2.54. The summed E-state index contributed by atoms with van der Waals surface area (Å²) in [5.41, 5.74) is -0.633. The van der Waals surface area contributed by atoms with Crippen LogP contribution in [0.4, 0.5) is 0 Å². The van der Waals surface area contributed by atoms with Crippen LogP contribution >= 0.6 is 0 Å². The van der Waals surface area contributed by atoms with Crippen molar-refractivity contribution in [3.63, 3.8) is 0 Å².